The second kappa shape index (κ2) is 7.68. The van der Waals surface area contributed by atoms with Gasteiger partial charge in [-0.3, -0.25) is 4.79 Å². The van der Waals surface area contributed by atoms with Crippen LogP contribution in [0.5, 0.6) is 0 Å². The molecule has 0 spiro atoms. The number of carbonyl (C=O) groups excluding carboxylic acids is 1. The Balaban J connectivity index is 0.00000196. The van der Waals surface area contributed by atoms with Crippen molar-refractivity contribution >= 4 is 29.7 Å². The van der Waals surface area contributed by atoms with E-state index >= 15 is 0 Å². The van der Waals surface area contributed by atoms with Crippen LogP contribution >= 0.6 is 23.7 Å². The summed E-state index contributed by atoms with van der Waals surface area (Å²) in [7, 11) is 0. The number of aryl methyl sites for hydroxylation is 1. The van der Waals surface area contributed by atoms with Crippen LogP contribution in [0, 0.1) is 0 Å². The van der Waals surface area contributed by atoms with E-state index in [1.807, 2.05) is 24.4 Å². The molecule has 0 aliphatic carbocycles. The summed E-state index contributed by atoms with van der Waals surface area (Å²) in [5.41, 5.74) is 5.40. The predicted molar refractivity (Wildman–Crippen MR) is 66.5 cm³/mol. The third-order valence-electron chi connectivity index (χ3n) is 1.94. The number of thiophene rings is 1. The van der Waals surface area contributed by atoms with Crippen molar-refractivity contribution < 1.29 is 4.79 Å². The maximum atomic E-state index is 11.3. The lowest BCUT2D eigenvalue weighted by atomic mass is 10.2. The number of halogens is 1. The highest BCUT2D eigenvalue weighted by atomic mass is 35.5. The molecule has 3 N–H and O–H groups in total. The van der Waals surface area contributed by atoms with Crippen LogP contribution in [0.3, 0.4) is 0 Å². The minimum Gasteiger partial charge on any atom is -0.352 e. The van der Waals surface area contributed by atoms with Crippen molar-refractivity contribution in [1.29, 1.82) is 0 Å². The maximum absolute atomic E-state index is 11.3. The molecule has 0 unspecified atom stereocenters. The van der Waals surface area contributed by atoms with Crippen LogP contribution in [0.25, 0.3) is 0 Å². The highest BCUT2D eigenvalue weighted by Gasteiger charge is 2.05. The van der Waals surface area contributed by atoms with Gasteiger partial charge in [0.25, 0.3) is 0 Å². The molecule has 0 fully saturated rings. The highest BCUT2D eigenvalue weighted by Crippen LogP contribution is 2.10. The average Bonchev–Trinajstić information content (AvgIpc) is 2.67. The average molecular weight is 249 g/mol. The number of hydrogen-bond donors (Lipinski definition) is 2. The largest absolute Gasteiger partial charge is 0.352 e. The van der Waals surface area contributed by atoms with Crippen LogP contribution in [0.15, 0.2) is 17.5 Å². The smallest absolute Gasteiger partial charge is 0.220 e. The molecule has 0 aliphatic heterocycles. The van der Waals surface area contributed by atoms with Gasteiger partial charge in [-0.2, -0.15) is 0 Å². The minimum atomic E-state index is 0. The van der Waals surface area contributed by atoms with Crippen LogP contribution in [0.1, 0.15) is 18.2 Å². The van der Waals surface area contributed by atoms with E-state index in [0.717, 1.165) is 6.42 Å². The van der Waals surface area contributed by atoms with Crippen molar-refractivity contribution in [2.24, 2.45) is 5.73 Å². The predicted octanol–water partition coefficient (Wildman–Crippen LogP) is 1.57. The van der Waals surface area contributed by atoms with E-state index in [1.54, 1.807) is 11.3 Å². The van der Waals surface area contributed by atoms with Crippen molar-refractivity contribution in [3.05, 3.63) is 22.4 Å². The molecule has 1 aromatic rings. The van der Waals surface area contributed by atoms with E-state index < -0.39 is 0 Å². The fraction of sp³-hybridized carbons (Fsp3) is 0.500. The quantitative estimate of drug-likeness (QED) is 0.831. The van der Waals surface area contributed by atoms with Crippen molar-refractivity contribution in [2.45, 2.75) is 25.8 Å². The molecule has 1 rings (SSSR count). The number of nitrogens with two attached hydrogens (primary N) is 1. The first kappa shape index (κ1) is 14.4. The van der Waals surface area contributed by atoms with Crippen LogP contribution in [0.4, 0.5) is 0 Å². The minimum absolute atomic E-state index is 0. The molecule has 0 saturated carbocycles. The molecule has 0 radical (unpaired) electrons. The van der Waals surface area contributed by atoms with Crippen molar-refractivity contribution in [3.63, 3.8) is 0 Å². The van der Waals surface area contributed by atoms with E-state index in [4.69, 9.17) is 5.73 Å². The molecule has 5 heteroatoms. The Morgan fingerprint density at radius 2 is 2.40 bits per heavy atom. The van der Waals surface area contributed by atoms with Gasteiger partial charge in [0, 0.05) is 23.9 Å². The summed E-state index contributed by atoms with van der Waals surface area (Å²) >= 11 is 1.68. The van der Waals surface area contributed by atoms with Gasteiger partial charge in [0.2, 0.25) is 5.91 Å². The lowest BCUT2D eigenvalue weighted by Crippen LogP contribution is -2.37. The van der Waals surface area contributed by atoms with E-state index in [2.05, 4.69) is 5.32 Å². The van der Waals surface area contributed by atoms with E-state index in [1.165, 1.54) is 4.88 Å². The van der Waals surface area contributed by atoms with Gasteiger partial charge in [-0.15, -0.1) is 23.7 Å². The molecule has 3 nitrogen and oxygen atoms in total. The molecule has 0 aromatic carbocycles. The molecule has 0 aliphatic rings. The summed E-state index contributed by atoms with van der Waals surface area (Å²) < 4.78 is 0. The summed E-state index contributed by atoms with van der Waals surface area (Å²) in [6.45, 7) is 2.40. The number of rotatable bonds is 5. The molecule has 0 bridgehead atoms. The first-order chi connectivity index (χ1) is 6.72. The SMILES string of the molecule is C[C@H](CN)NC(=O)CCc1cccs1.Cl. The molecule has 1 amide bonds. The molecule has 15 heavy (non-hydrogen) atoms. The second-order valence-corrected chi connectivity index (χ2v) is 4.32. The Morgan fingerprint density at radius 3 is 2.93 bits per heavy atom. The first-order valence-electron chi connectivity index (χ1n) is 4.74. The van der Waals surface area contributed by atoms with Crippen LogP contribution < -0.4 is 11.1 Å². The van der Waals surface area contributed by atoms with Crippen LogP contribution in [0.2, 0.25) is 0 Å². The van der Waals surface area contributed by atoms with E-state index in [0.29, 0.717) is 13.0 Å². The first-order valence-corrected chi connectivity index (χ1v) is 5.62. The summed E-state index contributed by atoms with van der Waals surface area (Å²) in [5.74, 6) is 0.0800. The van der Waals surface area contributed by atoms with Gasteiger partial charge in [0.05, 0.1) is 0 Å². The standard InChI is InChI=1S/C10H16N2OS.ClH/c1-8(7-11)12-10(13)5-4-9-3-2-6-14-9;/h2-3,6,8H,4-5,7,11H2,1H3,(H,12,13);1H/t8-;/m1./s1. The van der Waals surface area contributed by atoms with Crippen molar-refractivity contribution in [2.75, 3.05) is 6.54 Å². The molecular weight excluding hydrogens is 232 g/mol. The summed E-state index contributed by atoms with van der Waals surface area (Å²) in [6, 6.07) is 4.12. The van der Waals surface area contributed by atoms with Gasteiger partial charge < -0.3 is 11.1 Å². The zero-order valence-corrected chi connectivity index (χ0v) is 10.4. The van der Waals surface area contributed by atoms with E-state index in [-0.39, 0.29) is 24.4 Å². The van der Waals surface area contributed by atoms with Gasteiger partial charge in [0.1, 0.15) is 0 Å². The summed E-state index contributed by atoms with van der Waals surface area (Å²) in [4.78, 5) is 12.6. The zero-order valence-electron chi connectivity index (χ0n) is 8.73. The molecular formula is C10H17ClN2OS. The lowest BCUT2D eigenvalue weighted by Gasteiger charge is -2.10. The topological polar surface area (TPSA) is 55.1 Å². The van der Waals surface area contributed by atoms with E-state index in [9.17, 15) is 4.79 Å². The lowest BCUT2D eigenvalue weighted by molar-refractivity contribution is -0.121. The molecule has 1 heterocycles. The van der Waals surface area contributed by atoms with Gasteiger partial charge in [-0.25, -0.2) is 0 Å². The number of nitrogens with one attached hydrogen (secondary N) is 1. The van der Waals surface area contributed by atoms with Crippen LogP contribution in [-0.2, 0) is 11.2 Å². The molecule has 0 saturated heterocycles. The Kier molecular flexibility index (Phi) is 7.38. The third-order valence-corrected chi connectivity index (χ3v) is 2.88. The zero-order chi connectivity index (χ0) is 10.4. The van der Waals surface area contributed by atoms with Gasteiger partial charge in [0.15, 0.2) is 0 Å². The maximum Gasteiger partial charge on any atom is 0.220 e. The Hall–Kier alpha value is -0.580. The Morgan fingerprint density at radius 1 is 1.67 bits per heavy atom. The fourth-order valence-corrected chi connectivity index (χ4v) is 1.81. The fourth-order valence-electron chi connectivity index (χ4n) is 1.10. The normalized spacial score (nSPS) is 11.6. The summed E-state index contributed by atoms with van der Waals surface area (Å²) in [6.07, 6.45) is 1.37. The van der Waals surface area contributed by atoms with Crippen molar-refractivity contribution in [3.8, 4) is 0 Å². The number of amides is 1. The number of carbonyl (C=O) groups is 1. The monoisotopic (exact) mass is 248 g/mol. The summed E-state index contributed by atoms with van der Waals surface area (Å²) in [5, 5.41) is 4.86. The third kappa shape index (κ3) is 5.77. The molecule has 1 aromatic heterocycles. The van der Waals surface area contributed by atoms with Gasteiger partial charge in [-0.1, -0.05) is 6.07 Å². The molecule has 86 valence electrons. The molecule has 1 atom stereocenters. The van der Waals surface area contributed by atoms with Crippen LogP contribution in [-0.4, -0.2) is 18.5 Å². The van der Waals surface area contributed by atoms with Gasteiger partial charge >= 0.3 is 0 Å². The Labute approximate surface area is 100 Å². The number of hydrogen-bond acceptors (Lipinski definition) is 3. The van der Waals surface area contributed by atoms with Gasteiger partial charge in [-0.05, 0) is 24.8 Å². The second-order valence-electron chi connectivity index (χ2n) is 3.28. The Bertz CT molecular complexity index is 277. The van der Waals surface area contributed by atoms with Crippen molar-refractivity contribution in [1.82, 2.24) is 5.32 Å². The highest BCUT2D eigenvalue weighted by molar-refractivity contribution is 7.09.